The van der Waals surface area contributed by atoms with Gasteiger partial charge in [-0.15, -0.1) is 0 Å². The lowest BCUT2D eigenvalue weighted by Crippen LogP contribution is -2.28. The number of ether oxygens (including phenoxy) is 1. The van der Waals surface area contributed by atoms with E-state index in [9.17, 15) is 9.90 Å². The average Bonchev–Trinajstić information content (AvgIpc) is 2.33. The molecule has 0 bridgehead atoms. The predicted octanol–water partition coefficient (Wildman–Crippen LogP) is 1.32. The molecule has 0 saturated carbocycles. The Balaban J connectivity index is 2.78. The van der Waals surface area contributed by atoms with Crippen LogP contribution in [0.5, 0.6) is 11.5 Å². The van der Waals surface area contributed by atoms with Gasteiger partial charge in [0.1, 0.15) is 11.5 Å². The minimum atomic E-state index is -0.239. The summed E-state index contributed by atoms with van der Waals surface area (Å²) in [5.74, 6) is 0.0860. The van der Waals surface area contributed by atoms with Gasteiger partial charge < -0.3 is 20.9 Å². The Morgan fingerprint density at radius 1 is 1.59 bits per heavy atom. The summed E-state index contributed by atoms with van der Waals surface area (Å²) in [6, 6.07) is 4.70. The number of hydrogen-bond donors (Lipinski definition) is 3. The number of carbonyl (C=O) groups excluding carboxylic acids is 1. The zero-order valence-electron chi connectivity index (χ0n) is 10.1. The van der Waals surface area contributed by atoms with Gasteiger partial charge in [0.25, 0.3) is 0 Å². The van der Waals surface area contributed by atoms with Crippen LogP contribution in [0.2, 0.25) is 0 Å². The summed E-state index contributed by atoms with van der Waals surface area (Å²) in [7, 11) is 1.51. The van der Waals surface area contributed by atoms with E-state index in [1.54, 1.807) is 12.1 Å². The van der Waals surface area contributed by atoms with Crippen LogP contribution in [-0.2, 0) is 4.79 Å². The number of anilines is 1. The van der Waals surface area contributed by atoms with E-state index >= 15 is 0 Å². The van der Waals surface area contributed by atoms with Crippen LogP contribution in [-0.4, -0.2) is 24.7 Å². The second kappa shape index (κ2) is 6.10. The minimum Gasteiger partial charge on any atom is -0.506 e. The van der Waals surface area contributed by atoms with Crippen LogP contribution in [0.4, 0.5) is 5.69 Å². The first-order valence-electron chi connectivity index (χ1n) is 5.50. The van der Waals surface area contributed by atoms with Crippen molar-refractivity contribution in [3.8, 4) is 11.5 Å². The predicted molar refractivity (Wildman–Crippen MR) is 66.1 cm³/mol. The molecule has 0 heterocycles. The number of aromatic hydroxyl groups is 1. The molecule has 1 rings (SSSR count). The van der Waals surface area contributed by atoms with Gasteiger partial charge in [-0.3, -0.25) is 4.79 Å². The Labute approximate surface area is 101 Å². The normalized spacial score (nSPS) is 11.9. The fourth-order valence-corrected chi connectivity index (χ4v) is 1.44. The molecule has 0 aliphatic rings. The second-order valence-corrected chi connectivity index (χ2v) is 3.71. The Kier molecular flexibility index (Phi) is 4.78. The lowest BCUT2D eigenvalue weighted by molar-refractivity contribution is -0.119. The summed E-state index contributed by atoms with van der Waals surface area (Å²) >= 11 is 0. The molecule has 0 fully saturated rings. The number of nitrogens with one attached hydrogen (secondary N) is 1. The number of amides is 1. The van der Waals surface area contributed by atoms with Crippen molar-refractivity contribution in [1.82, 2.24) is 0 Å². The Morgan fingerprint density at radius 3 is 2.76 bits per heavy atom. The Bertz CT molecular complexity index is 389. The molecule has 17 heavy (non-hydrogen) atoms. The molecule has 1 aromatic carbocycles. The molecule has 94 valence electrons. The first-order valence-corrected chi connectivity index (χ1v) is 5.50. The van der Waals surface area contributed by atoms with E-state index in [2.05, 4.69) is 5.32 Å². The zero-order chi connectivity index (χ0) is 12.8. The molecule has 1 aromatic rings. The minimum absolute atomic E-state index is 0.0235. The highest BCUT2D eigenvalue weighted by Crippen LogP contribution is 2.28. The van der Waals surface area contributed by atoms with Gasteiger partial charge in [0.15, 0.2) is 0 Å². The fraction of sp³-hybridized carbons (Fsp3) is 0.417. The van der Waals surface area contributed by atoms with E-state index in [-0.39, 0.29) is 17.6 Å². The molecular formula is C12H18N2O3. The van der Waals surface area contributed by atoms with Gasteiger partial charge in [-0.2, -0.15) is 0 Å². The van der Waals surface area contributed by atoms with Gasteiger partial charge in [-0.1, -0.05) is 6.92 Å². The molecule has 5 nitrogen and oxygen atoms in total. The van der Waals surface area contributed by atoms with Crippen molar-refractivity contribution in [3.63, 3.8) is 0 Å². The maximum Gasteiger partial charge on any atom is 0.228 e. The van der Waals surface area contributed by atoms with Crippen LogP contribution in [0.1, 0.15) is 13.3 Å². The van der Waals surface area contributed by atoms with Gasteiger partial charge in [-0.05, 0) is 18.6 Å². The van der Waals surface area contributed by atoms with E-state index in [0.717, 1.165) is 0 Å². The number of phenolic OH excluding ortho intramolecular Hbond substituents is 1. The molecule has 0 radical (unpaired) electrons. The van der Waals surface area contributed by atoms with E-state index in [4.69, 9.17) is 10.5 Å². The molecule has 1 atom stereocenters. The Hall–Kier alpha value is -1.75. The molecule has 4 N–H and O–H groups in total. The molecule has 0 saturated heterocycles. The van der Waals surface area contributed by atoms with Crippen molar-refractivity contribution < 1.29 is 14.6 Å². The summed E-state index contributed by atoms with van der Waals surface area (Å²) in [5.41, 5.74) is 5.84. The summed E-state index contributed by atoms with van der Waals surface area (Å²) < 4.78 is 4.95. The van der Waals surface area contributed by atoms with Gasteiger partial charge in [-0.25, -0.2) is 0 Å². The third kappa shape index (κ3) is 3.35. The van der Waals surface area contributed by atoms with Crippen LogP contribution >= 0.6 is 0 Å². The Morgan fingerprint density at radius 2 is 2.29 bits per heavy atom. The van der Waals surface area contributed by atoms with Crippen LogP contribution in [0.3, 0.4) is 0 Å². The average molecular weight is 238 g/mol. The second-order valence-electron chi connectivity index (χ2n) is 3.71. The SMILES string of the molecule is CCC(CN)C(=O)Nc1ccc(OC)cc1O. The topological polar surface area (TPSA) is 84.6 Å². The van der Waals surface area contributed by atoms with Crippen LogP contribution in [0.25, 0.3) is 0 Å². The smallest absolute Gasteiger partial charge is 0.228 e. The summed E-state index contributed by atoms with van der Waals surface area (Å²) in [4.78, 5) is 11.7. The highest BCUT2D eigenvalue weighted by Gasteiger charge is 2.15. The van der Waals surface area contributed by atoms with Gasteiger partial charge >= 0.3 is 0 Å². The van der Waals surface area contributed by atoms with Crippen molar-refractivity contribution in [1.29, 1.82) is 0 Å². The van der Waals surface area contributed by atoms with E-state index in [0.29, 0.717) is 24.4 Å². The number of methoxy groups -OCH3 is 1. The summed E-state index contributed by atoms with van der Waals surface area (Å²) in [5, 5.41) is 12.3. The number of benzene rings is 1. The first-order chi connectivity index (χ1) is 8.12. The van der Waals surface area contributed by atoms with E-state index < -0.39 is 0 Å². The maximum atomic E-state index is 11.7. The third-order valence-corrected chi connectivity index (χ3v) is 2.61. The van der Waals surface area contributed by atoms with E-state index in [1.807, 2.05) is 6.92 Å². The van der Waals surface area contributed by atoms with Gasteiger partial charge in [0.2, 0.25) is 5.91 Å². The van der Waals surface area contributed by atoms with Crippen molar-refractivity contribution in [2.75, 3.05) is 19.0 Å². The lowest BCUT2D eigenvalue weighted by atomic mass is 10.1. The van der Waals surface area contributed by atoms with E-state index in [1.165, 1.54) is 13.2 Å². The van der Waals surface area contributed by atoms with Crippen molar-refractivity contribution in [2.45, 2.75) is 13.3 Å². The summed E-state index contributed by atoms with van der Waals surface area (Å²) in [6.45, 7) is 2.18. The number of carbonyl (C=O) groups is 1. The molecule has 0 aromatic heterocycles. The molecule has 5 heteroatoms. The summed E-state index contributed by atoms with van der Waals surface area (Å²) in [6.07, 6.45) is 0.666. The van der Waals surface area contributed by atoms with Crippen LogP contribution < -0.4 is 15.8 Å². The molecule has 0 spiro atoms. The third-order valence-electron chi connectivity index (χ3n) is 2.61. The molecule has 0 aliphatic carbocycles. The maximum absolute atomic E-state index is 11.7. The molecule has 1 unspecified atom stereocenters. The lowest BCUT2D eigenvalue weighted by Gasteiger charge is -2.13. The van der Waals surface area contributed by atoms with Crippen LogP contribution in [0, 0.1) is 5.92 Å². The highest BCUT2D eigenvalue weighted by molar-refractivity contribution is 5.94. The molecule has 1 amide bonds. The monoisotopic (exact) mass is 238 g/mol. The molecule has 0 aliphatic heterocycles. The number of hydrogen-bond acceptors (Lipinski definition) is 4. The molecular weight excluding hydrogens is 220 g/mol. The number of nitrogens with two attached hydrogens (primary N) is 1. The van der Waals surface area contributed by atoms with Gasteiger partial charge in [0, 0.05) is 12.6 Å². The van der Waals surface area contributed by atoms with Crippen molar-refractivity contribution in [2.24, 2.45) is 11.7 Å². The quantitative estimate of drug-likeness (QED) is 0.675. The van der Waals surface area contributed by atoms with Crippen LogP contribution in [0.15, 0.2) is 18.2 Å². The largest absolute Gasteiger partial charge is 0.506 e. The van der Waals surface area contributed by atoms with Crippen molar-refractivity contribution in [3.05, 3.63) is 18.2 Å². The number of rotatable bonds is 5. The van der Waals surface area contributed by atoms with Crippen molar-refractivity contribution >= 4 is 11.6 Å². The standard InChI is InChI=1S/C12H18N2O3/c1-3-8(7-13)12(16)14-10-5-4-9(17-2)6-11(10)15/h4-6,8,15H,3,7,13H2,1-2H3,(H,14,16). The van der Waals surface area contributed by atoms with Gasteiger partial charge in [0.05, 0.1) is 18.7 Å². The number of phenols is 1. The zero-order valence-corrected chi connectivity index (χ0v) is 10.1. The highest BCUT2D eigenvalue weighted by atomic mass is 16.5. The first kappa shape index (κ1) is 13.3. The fourth-order valence-electron chi connectivity index (χ4n) is 1.44.